The van der Waals surface area contributed by atoms with Gasteiger partial charge in [0.2, 0.25) is 0 Å². The summed E-state index contributed by atoms with van der Waals surface area (Å²) in [5.74, 6) is 0. The van der Waals surface area contributed by atoms with Gasteiger partial charge in [-0.3, -0.25) is 18.8 Å². The Bertz CT molecular complexity index is 1080. The first kappa shape index (κ1) is 18.6. The highest BCUT2D eigenvalue weighted by atomic mass is 16.5. The molecule has 8 nitrogen and oxygen atoms in total. The van der Waals surface area contributed by atoms with E-state index in [-0.39, 0.29) is 17.4 Å². The quantitative estimate of drug-likeness (QED) is 0.664. The van der Waals surface area contributed by atoms with E-state index in [4.69, 9.17) is 4.74 Å². The maximum atomic E-state index is 12.6. The highest BCUT2D eigenvalue weighted by Crippen LogP contribution is 2.14. The lowest BCUT2D eigenvalue weighted by Gasteiger charge is -2.24. The molecule has 3 aromatic rings. The van der Waals surface area contributed by atoms with Gasteiger partial charge in [-0.2, -0.15) is 0 Å². The summed E-state index contributed by atoms with van der Waals surface area (Å²) in [5.41, 5.74) is 1.42. The summed E-state index contributed by atoms with van der Waals surface area (Å²) in [4.78, 5) is 31.4. The maximum absolute atomic E-state index is 12.6. The average molecular weight is 383 g/mol. The van der Waals surface area contributed by atoms with E-state index in [1.165, 1.54) is 17.2 Å². The molecule has 1 aliphatic rings. The first-order chi connectivity index (χ1) is 13.5. The van der Waals surface area contributed by atoms with Gasteiger partial charge in [-0.05, 0) is 12.0 Å². The number of nitrogens with zero attached hydrogens (tertiary/aromatic N) is 5. The zero-order valence-electron chi connectivity index (χ0n) is 16.2. The van der Waals surface area contributed by atoms with Gasteiger partial charge in [-0.15, -0.1) is 0 Å². The SMILES string of the molecule is Cn1c(=O)c2c(ncn2CC2CN(Cc3ccccc3)CCCO2)n(C)c1=O. The van der Waals surface area contributed by atoms with Crippen LogP contribution in [0.1, 0.15) is 12.0 Å². The van der Waals surface area contributed by atoms with E-state index in [1.807, 2.05) is 10.6 Å². The molecule has 1 saturated heterocycles. The van der Waals surface area contributed by atoms with Crippen molar-refractivity contribution >= 4 is 11.2 Å². The summed E-state index contributed by atoms with van der Waals surface area (Å²) in [7, 11) is 3.12. The fourth-order valence-corrected chi connectivity index (χ4v) is 3.82. The van der Waals surface area contributed by atoms with Crippen LogP contribution in [0.3, 0.4) is 0 Å². The van der Waals surface area contributed by atoms with Crippen molar-refractivity contribution in [3.05, 3.63) is 63.1 Å². The van der Waals surface area contributed by atoms with E-state index >= 15 is 0 Å². The Morgan fingerprint density at radius 3 is 2.71 bits per heavy atom. The van der Waals surface area contributed by atoms with Gasteiger partial charge >= 0.3 is 5.69 Å². The topological polar surface area (TPSA) is 74.3 Å². The highest BCUT2D eigenvalue weighted by molar-refractivity contribution is 5.69. The molecule has 3 heterocycles. The number of aromatic nitrogens is 4. The van der Waals surface area contributed by atoms with Crippen molar-refractivity contribution in [2.75, 3.05) is 19.7 Å². The van der Waals surface area contributed by atoms with Gasteiger partial charge < -0.3 is 9.30 Å². The summed E-state index contributed by atoms with van der Waals surface area (Å²) in [6.07, 6.45) is 2.55. The minimum Gasteiger partial charge on any atom is -0.375 e. The zero-order valence-corrected chi connectivity index (χ0v) is 16.2. The van der Waals surface area contributed by atoms with Crippen LogP contribution in [0, 0.1) is 0 Å². The second-order valence-corrected chi connectivity index (χ2v) is 7.34. The molecule has 148 valence electrons. The van der Waals surface area contributed by atoms with Gasteiger partial charge in [-0.1, -0.05) is 30.3 Å². The fraction of sp³-hybridized carbons (Fsp3) is 0.450. The molecule has 1 unspecified atom stereocenters. The Balaban J connectivity index is 1.58. The molecule has 0 spiro atoms. The van der Waals surface area contributed by atoms with Crippen LogP contribution in [-0.4, -0.2) is 49.4 Å². The first-order valence-electron chi connectivity index (χ1n) is 9.53. The van der Waals surface area contributed by atoms with Crippen LogP contribution in [0.5, 0.6) is 0 Å². The van der Waals surface area contributed by atoms with E-state index < -0.39 is 0 Å². The van der Waals surface area contributed by atoms with E-state index in [1.54, 1.807) is 13.4 Å². The standard InChI is InChI=1S/C20H25N5O3/c1-22-18-17(19(26)23(2)20(22)27)25(14-21-18)13-16-12-24(9-6-10-28-16)11-15-7-4-3-5-8-15/h3-5,7-8,14,16H,6,9-13H2,1-2H3. The predicted octanol–water partition coefficient (Wildman–Crippen LogP) is 0.725. The Morgan fingerprint density at radius 1 is 1.14 bits per heavy atom. The first-order valence-corrected chi connectivity index (χ1v) is 9.53. The monoisotopic (exact) mass is 383 g/mol. The van der Waals surface area contributed by atoms with Crippen LogP contribution in [0.25, 0.3) is 11.2 Å². The average Bonchev–Trinajstić information content (AvgIpc) is 2.99. The number of aryl methyl sites for hydroxylation is 1. The molecule has 1 atom stereocenters. The number of benzene rings is 1. The number of hydrogen-bond donors (Lipinski definition) is 0. The van der Waals surface area contributed by atoms with Crippen LogP contribution >= 0.6 is 0 Å². The van der Waals surface area contributed by atoms with E-state index in [9.17, 15) is 9.59 Å². The third kappa shape index (κ3) is 3.53. The Hall–Kier alpha value is -2.71. The van der Waals surface area contributed by atoms with Crippen molar-refractivity contribution in [3.8, 4) is 0 Å². The Kier molecular flexibility index (Phi) is 5.15. The van der Waals surface area contributed by atoms with Gasteiger partial charge in [-0.25, -0.2) is 9.78 Å². The van der Waals surface area contributed by atoms with Gasteiger partial charge in [0.05, 0.1) is 19.0 Å². The van der Waals surface area contributed by atoms with Crippen molar-refractivity contribution in [2.24, 2.45) is 14.1 Å². The maximum Gasteiger partial charge on any atom is 0.332 e. The highest BCUT2D eigenvalue weighted by Gasteiger charge is 2.22. The molecule has 1 aliphatic heterocycles. The van der Waals surface area contributed by atoms with Crippen molar-refractivity contribution in [1.29, 1.82) is 0 Å². The molecule has 0 saturated carbocycles. The molecule has 1 fully saturated rings. The fourth-order valence-electron chi connectivity index (χ4n) is 3.82. The van der Waals surface area contributed by atoms with Crippen LogP contribution < -0.4 is 11.2 Å². The van der Waals surface area contributed by atoms with Crippen LogP contribution in [-0.2, 0) is 31.9 Å². The lowest BCUT2D eigenvalue weighted by Crippen LogP contribution is -2.38. The molecule has 0 bridgehead atoms. The summed E-state index contributed by atoms with van der Waals surface area (Å²) in [5, 5.41) is 0. The minimum atomic E-state index is -0.373. The molecule has 8 heteroatoms. The third-order valence-electron chi connectivity index (χ3n) is 5.30. The molecule has 0 N–H and O–H groups in total. The molecule has 28 heavy (non-hydrogen) atoms. The minimum absolute atomic E-state index is 0.0504. The van der Waals surface area contributed by atoms with Crippen molar-refractivity contribution in [2.45, 2.75) is 25.6 Å². The largest absolute Gasteiger partial charge is 0.375 e. The smallest absolute Gasteiger partial charge is 0.332 e. The second-order valence-electron chi connectivity index (χ2n) is 7.34. The van der Waals surface area contributed by atoms with Crippen LogP contribution in [0.4, 0.5) is 0 Å². The number of rotatable bonds is 4. The number of imidazole rings is 1. The molecule has 0 amide bonds. The summed E-state index contributed by atoms with van der Waals surface area (Å²) in [6, 6.07) is 10.4. The zero-order chi connectivity index (χ0) is 19.7. The molecular formula is C20H25N5O3. The van der Waals surface area contributed by atoms with Crippen molar-refractivity contribution in [3.63, 3.8) is 0 Å². The lowest BCUT2D eigenvalue weighted by molar-refractivity contribution is 0.0422. The molecule has 4 rings (SSSR count). The van der Waals surface area contributed by atoms with Crippen LogP contribution in [0.15, 0.2) is 46.2 Å². The third-order valence-corrected chi connectivity index (χ3v) is 5.30. The summed E-state index contributed by atoms with van der Waals surface area (Å²) < 4.78 is 10.4. The van der Waals surface area contributed by atoms with Crippen molar-refractivity contribution < 1.29 is 4.74 Å². The molecule has 0 radical (unpaired) electrons. The molecular weight excluding hydrogens is 358 g/mol. The number of fused-ring (bicyclic) bond motifs is 1. The summed E-state index contributed by atoms with van der Waals surface area (Å²) in [6.45, 7) is 3.85. The van der Waals surface area contributed by atoms with Gasteiger partial charge in [0.15, 0.2) is 11.2 Å². The van der Waals surface area contributed by atoms with Crippen LogP contribution in [0.2, 0.25) is 0 Å². The Labute approximate surface area is 162 Å². The van der Waals surface area contributed by atoms with Gasteiger partial charge in [0.25, 0.3) is 5.56 Å². The second kappa shape index (κ2) is 7.73. The molecule has 2 aromatic heterocycles. The number of ether oxygens (including phenoxy) is 1. The molecule has 1 aromatic carbocycles. The van der Waals surface area contributed by atoms with Gasteiger partial charge in [0.1, 0.15) is 0 Å². The van der Waals surface area contributed by atoms with E-state index in [0.717, 1.165) is 30.6 Å². The molecule has 0 aliphatic carbocycles. The van der Waals surface area contributed by atoms with Gasteiger partial charge in [0, 0.05) is 40.3 Å². The van der Waals surface area contributed by atoms with Crippen molar-refractivity contribution in [1.82, 2.24) is 23.6 Å². The van der Waals surface area contributed by atoms with E-state index in [2.05, 4.69) is 34.1 Å². The number of hydrogen-bond acceptors (Lipinski definition) is 5. The normalized spacial score (nSPS) is 18.4. The van der Waals surface area contributed by atoms with E-state index in [0.29, 0.717) is 24.3 Å². The predicted molar refractivity (Wildman–Crippen MR) is 106 cm³/mol. The Morgan fingerprint density at radius 2 is 1.93 bits per heavy atom. The lowest BCUT2D eigenvalue weighted by atomic mass is 10.2. The summed E-state index contributed by atoms with van der Waals surface area (Å²) >= 11 is 0.